The molecule has 0 aliphatic rings. The minimum absolute atomic E-state index is 0.187. The van der Waals surface area contributed by atoms with Crippen LogP contribution in [0.3, 0.4) is 0 Å². The third kappa shape index (κ3) is 6.13. The molecular weight excluding hydrogens is 358 g/mol. The van der Waals surface area contributed by atoms with Gasteiger partial charge in [-0.05, 0) is 50.5 Å². The van der Waals surface area contributed by atoms with Crippen LogP contribution in [0.1, 0.15) is 35.4 Å². The van der Waals surface area contributed by atoms with Crippen LogP contribution in [-0.2, 0) is 22.6 Å². The van der Waals surface area contributed by atoms with Gasteiger partial charge in [0, 0.05) is 12.1 Å². The van der Waals surface area contributed by atoms with Crippen LogP contribution in [0.25, 0.3) is 0 Å². The van der Waals surface area contributed by atoms with E-state index in [0.29, 0.717) is 25.1 Å². The molecule has 148 valence electrons. The van der Waals surface area contributed by atoms with E-state index in [0.717, 1.165) is 22.5 Å². The van der Waals surface area contributed by atoms with Crippen LogP contribution in [0.15, 0.2) is 24.3 Å². The smallest absolute Gasteiger partial charge is 0.276 e. The molecule has 0 spiro atoms. The molecular formula is C20H25N5O3. The van der Waals surface area contributed by atoms with Gasteiger partial charge < -0.3 is 4.74 Å². The SMILES string of the molecule is Cc1cccc(OCC(=O)NNC(=O)CCc2c(C)nn(CCC#N)c2C)c1. The summed E-state index contributed by atoms with van der Waals surface area (Å²) in [6, 6.07) is 9.47. The van der Waals surface area contributed by atoms with Gasteiger partial charge in [0.25, 0.3) is 5.91 Å². The maximum atomic E-state index is 12.0. The molecule has 0 fully saturated rings. The summed E-state index contributed by atoms with van der Waals surface area (Å²) in [6.45, 7) is 6.09. The van der Waals surface area contributed by atoms with E-state index < -0.39 is 5.91 Å². The van der Waals surface area contributed by atoms with Crippen molar-refractivity contribution in [2.45, 2.75) is 46.6 Å². The van der Waals surface area contributed by atoms with Crippen LogP contribution in [0.4, 0.5) is 0 Å². The Balaban J connectivity index is 1.74. The van der Waals surface area contributed by atoms with Gasteiger partial charge >= 0.3 is 0 Å². The summed E-state index contributed by atoms with van der Waals surface area (Å²) in [5.41, 5.74) is 8.56. The zero-order valence-corrected chi connectivity index (χ0v) is 16.4. The second kappa shape index (κ2) is 10.1. The molecule has 0 saturated heterocycles. The standard InChI is InChI=1S/C20H25N5O3/c1-14-6-4-7-17(12-14)28-13-20(27)23-22-19(26)9-8-18-15(2)24-25(16(18)3)11-5-10-21/h4,6-7,12H,5,8-9,11,13H2,1-3H3,(H,22,26)(H,23,27). The molecule has 0 aliphatic heterocycles. The van der Waals surface area contributed by atoms with Crippen molar-refractivity contribution < 1.29 is 14.3 Å². The molecule has 28 heavy (non-hydrogen) atoms. The van der Waals surface area contributed by atoms with Crippen LogP contribution in [0, 0.1) is 32.1 Å². The molecule has 0 atom stereocenters. The topological polar surface area (TPSA) is 109 Å². The third-order valence-corrected chi connectivity index (χ3v) is 4.27. The number of hydrogen-bond acceptors (Lipinski definition) is 5. The lowest BCUT2D eigenvalue weighted by Crippen LogP contribution is -2.43. The van der Waals surface area contributed by atoms with E-state index in [2.05, 4.69) is 22.0 Å². The first-order chi connectivity index (χ1) is 13.4. The zero-order valence-electron chi connectivity index (χ0n) is 16.4. The van der Waals surface area contributed by atoms with Gasteiger partial charge in [-0.3, -0.25) is 25.1 Å². The van der Waals surface area contributed by atoms with Crippen LogP contribution in [0.2, 0.25) is 0 Å². The molecule has 0 unspecified atom stereocenters. The van der Waals surface area contributed by atoms with Gasteiger partial charge in [0.15, 0.2) is 6.61 Å². The number of ether oxygens (including phenoxy) is 1. The Labute approximate surface area is 164 Å². The van der Waals surface area contributed by atoms with Gasteiger partial charge in [-0.2, -0.15) is 10.4 Å². The van der Waals surface area contributed by atoms with E-state index in [9.17, 15) is 9.59 Å². The quantitative estimate of drug-likeness (QED) is 0.677. The van der Waals surface area contributed by atoms with E-state index >= 15 is 0 Å². The van der Waals surface area contributed by atoms with Crippen molar-refractivity contribution in [1.29, 1.82) is 5.26 Å². The summed E-state index contributed by atoms with van der Waals surface area (Å²) in [5, 5.41) is 13.1. The third-order valence-electron chi connectivity index (χ3n) is 4.27. The molecule has 0 bridgehead atoms. The highest BCUT2D eigenvalue weighted by molar-refractivity contribution is 5.82. The Morgan fingerprint density at radius 3 is 2.68 bits per heavy atom. The van der Waals surface area contributed by atoms with Crippen LogP contribution < -0.4 is 15.6 Å². The van der Waals surface area contributed by atoms with Crippen LogP contribution >= 0.6 is 0 Å². The number of amides is 2. The summed E-state index contributed by atoms with van der Waals surface area (Å²) in [4.78, 5) is 23.8. The van der Waals surface area contributed by atoms with E-state index in [4.69, 9.17) is 10.00 Å². The van der Waals surface area contributed by atoms with E-state index in [1.165, 1.54) is 0 Å². The number of nitrogens with zero attached hydrogens (tertiary/aromatic N) is 3. The molecule has 2 rings (SSSR count). The number of hydrogen-bond donors (Lipinski definition) is 2. The van der Waals surface area contributed by atoms with Crippen molar-refractivity contribution >= 4 is 11.8 Å². The van der Waals surface area contributed by atoms with Crippen molar-refractivity contribution in [2.75, 3.05) is 6.61 Å². The van der Waals surface area contributed by atoms with Gasteiger partial charge in [0.2, 0.25) is 5.91 Å². The predicted octanol–water partition coefficient (Wildman–Crippen LogP) is 1.88. The first-order valence-corrected chi connectivity index (χ1v) is 9.07. The summed E-state index contributed by atoms with van der Waals surface area (Å²) < 4.78 is 7.17. The summed E-state index contributed by atoms with van der Waals surface area (Å²) >= 11 is 0. The minimum Gasteiger partial charge on any atom is -0.484 e. The highest BCUT2D eigenvalue weighted by Gasteiger charge is 2.13. The van der Waals surface area contributed by atoms with E-state index in [1.54, 1.807) is 10.7 Å². The molecule has 8 heteroatoms. The van der Waals surface area contributed by atoms with Gasteiger partial charge in [-0.1, -0.05) is 12.1 Å². The average molecular weight is 383 g/mol. The number of hydrazine groups is 1. The number of carbonyl (C=O) groups excluding carboxylic acids is 2. The van der Waals surface area contributed by atoms with Crippen molar-refractivity contribution in [1.82, 2.24) is 20.6 Å². The fourth-order valence-electron chi connectivity index (χ4n) is 2.80. The largest absolute Gasteiger partial charge is 0.484 e. The molecule has 1 aromatic heterocycles. The van der Waals surface area contributed by atoms with Crippen molar-refractivity contribution in [3.8, 4) is 11.8 Å². The summed E-state index contributed by atoms with van der Waals surface area (Å²) in [6.07, 6.45) is 1.11. The number of benzene rings is 1. The second-order valence-electron chi connectivity index (χ2n) is 6.48. The monoisotopic (exact) mass is 383 g/mol. The minimum atomic E-state index is -0.438. The van der Waals surface area contributed by atoms with Crippen molar-refractivity contribution in [2.24, 2.45) is 0 Å². The molecule has 2 N–H and O–H groups in total. The highest BCUT2D eigenvalue weighted by Crippen LogP contribution is 2.15. The Bertz CT molecular complexity index is 882. The lowest BCUT2D eigenvalue weighted by molar-refractivity contribution is -0.130. The van der Waals surface area contributed by atoms with Gasteiger partial charge in [-0.25, -0.2) is 0 Å². The van der Waals surface area contributed by atoms with Gasteiger partial charge in [0.05, 0.1) is 24.7 Å². The van der Waals surface area contributed by atoms with Gasteiger partial charge in [-0.15, -0.1) is 0 Å². The molecule has 0 saturated carbocycles. The number of carbonyl (C=O) groups is 2. The summed E-state index contributed by atoms with van der Waals surface area (Å²) in [7, 11) is 0. The molecule has 0 aliphatic carbocycles. The summed E-state index contributed by atoms with van der Waals surface area (Å²) in [5.74, 6) is -0.139. The molecule has 0 radical (unpaired) electrons. The Morgan fingerprint density at radius 1 is 1.21 bits per heavy atom. The molecule has 1 aromatic carbocycles. The van der Waals surface area contributed by atoms with Gasteiger partial charge in [0.1, 0.15) is 5.75 Å². The van der Waals surface area contributed by atoms with E-state index in [1.807, 2.05) is 39.0 Å². The van der Waals surface area contributed by atoms with Crippen LogP contribution in [0.5, 0.6) is 5.75 Å². The van der Waals surface area contributed by atoms with Crippen LogP contribution in [-0.4, -0.2) is 28.2 Å². The normalized spacial score (nSPS) is 10.2. The second-order valence-corrected chi connectivity index (χ2v) is 6.48. The Hall–Kier alpha value is -3.34. The number of rotatable bonds is 8. The number of nitrogens with one attached hydrogen (secondary N) is 2. The molecule has 2 aromatic rings. The highest BCUT2D eigenvalue weighted by atomic mass is 16.5. The maximum Gasteiger partial charge on any atom is 0.276 e. The fourth-order valence-corrected chi connectivity index (χ4v) is 2.80. The lowest BCUT2D eigenvalue weighted by Gasteiger charge is -2.09. The predicted molar refractivity (Wildman–Crippen MR) is 103 cm³/mol. The Kier molecular flexibility index (Phi) is 7.57. The van der Waals surface area contributed by atoms with E-state index in [-0.39, 0.29) is 18.9 Å². The first kappa shape index (κ1) is 21.0. The lowest BCUT2D eigenvalue weighted by atomic mass is 10.1. The first-order valence-electron chi connectivity index (χ1n) is 9.07. The number of aromatic nitrogens is 2. The van der Waals surface area contributed by atoms with Crippen molar-refractivity contribution in [3.05, 3.63) is 46.8 Å². The van der Waals surface area contributed by atoms with Crippen molar-refractivity contribution in [3.63, 3.8) is 0 Å². The fraction of sp³-hybridized carbons (Fsp3) is 0.400. The molecule has 1 heterocycles. The number of aryl methyl sites for hydroxylation is 3. The molecule has 2 amide bonds. The average Bonchev–Trinajstić information content (AvgIpc) is 2.94. The number of nitriles is 1. The maximum absolute atomic E-state index is 12.0. The Morgan fingerprint density at radius 2 is 1.96 bits per heavy atom. The zero-order chi connectivity index (χ0) is 20.5. The molecule has 8 nitrogen and oxygen atoms in total.